The number of aliphatic hydroxyl groups is 1. The maximum atomic E-state index is 12.8. The van der Waals surface area contributed by atoms with Gasteiger partial charge < -0.3 is 14.6 Å². The fourth-order valence-electron chi connectivity index (χ4n) is 3.51. The smallest absolute Gasteiger partial charge is 0.243 e. The Kier molecular flexibility index (Phi) is 5.34. The van der Waals surface area contributed by atoms with E-state index in [4.69, 9.17) is 9.47 Å². The van der Waals surface area contributed by atoms with Crippen molar-refractivity contribution in [1.29, 1.82) is 0 Å². The monoisotopic (exact) mass is 377 g/mol. The van der Waals surface area contributed by atoms with Gasteiger partial charge >= 0.3 is 0 Å². The number of methoxy groups -OCH3 is 2. The highest BCUT2D eigenvalue weighted by Gasteiger charge is 2.48. The van der Waals surface area contributed by atoms with E-state index in [1.807, 2.05) is 18.2 Å². The molecule has 0 radical (unpaired) electrons. The van der Waals surface area contributed by atoms with Gasteiger partial charge in [0.2, 0.25) is 10.0 Å². The molecule has 2 aromatic carbocycles. The Morgan fingerprint density at radius 2 is 1.73 bits per heavy atom. The van der Waals surface area contributed by atoms with Gasteiger partial charge in [0, 0.05) is 25.8 Å². The van der Waals surface area contributed by atoms with Crippen LogP contribution in [0.3, 0.4) is 0 Å². The van der Waals surface area contributed by atoms with Gasteiger partial charge in [-0.1, -0.05) is 36.4 Å². The summed E-state index contributed by atoms with van der Waals surface area (Å²) in [5, 5.41) is 10.9. The van der Waals surface area contributed by atoms with Crippen molar-refractivity contribution < 1.29 is 23.0 Å². The summed E-state index contributed by atoms with van der Waals surface area (Å²) in [6.45, 7) is 0.184. The predicted molar refractivity (Wildman–Crippen MR) is 97.5 cm³/mol. The van der Waals surface area contributed by atoms with Crippen LogP contribution in [0.15, 0.2) is 59.5 Å². The van der Waals surface area contributed by atoms with Crippen molar-refractivity contribution in [2.75, 3.05) is 27.3 Å². The zero-order valence-corrected chi connectivity index (χ0v) is 15.6. The lowest BCUT2D eigenvalue weighted by atomic mass is 9.82. The van der Waals surface area contributed by atoms with Gasteiger partial charge in [-0.25, -0.2) is 8.42 Å². The highest BCUT2D eigenvalue weighted by Crippen LogP contribution is 2.41. The van der Waals surface area contributed by atoms with Crippen LogP contribution in [0.5, 0.6) is 5.75 Å². The minimum Gasteiger partial charge on any atom is -0.496 e. The van der Waals surface area contributed by atoms with Gasteiger partial charge in [-0.05, 0) is 24.6 Å². The second-order valence-corrected chi connectivity index (χ2v) is 8.17. The van der Waals surface area contributed by atoms with E-state index in [1.54, 1.807) is 43.5 Å². The lowest BCUT2D eigenvalue weighted by Crippen LogP contribution is -2.55. The Morgan fingerprint density at radius 1 is 1.08 bits per heavy atom. The van der Waals surface area contributed by atoms with Gasteiger partial charge in [0.05, 0.1) is 12.0 Å². The number of nitrogens with zero attached hydrogens (tertiary/aromatic N) is 1. The van der Waals surface area contributed by atoms with Crippen LogP contribution in [-0.2, 0) is 20.4 Å². The highest BCUT2D eigenvalue weighted by atomic mass is 32.2. The van der Waals surface area contributed by atoms with Gasteiger partial charge in [0.25, 0.3) is 0 Å². The van der Waals surface area contributed by atoms with Gasteiger partial charge in [-0.2, -0.15) is 4.31 Å². The quantitative estimate of drug-likeness (QED) is 0.862. The molecule has 6 nitrogen and oxygen atoms in total. The van der Waals surface area contributed by atoms with Crippen LogP contribution in [0.25, 0.3) is 0 Å². The molecule has 0 aromatic heterocycles. The predicted octanol–water partition coefficient (Wildman–Crippen LogP) is 1.99. The van der Waals surface area contributed by atoms with Crippen LogP contribution in [0.4, 0.5) is 0 Å². The Labute approximate surface area is 154 Å². The number of para-hydroxylation sites is 1. The molecule has 3 rings (SSSR count). The molecule has 0 saturated carbocycles. The summed E-state index contributed by atoms with van der Waals surface area (Å²) in [5.74, 6) is 0.604. The van der Waals surface area contributed by atoms with Gasteiger partial charge in [-0.15, -0.1) is 0 Å². The molecule has 1 aliphatic heterocycles. The van der Waals surface area contributed by atoms with E-state index < -0.39 is 21.7 Å². The Morgan fingerprint density at radius 3 is 2.35 bits per heavy atom. The fraction of sp³-hybridized carbons (Fsp3) is 0.368. The molecule has 26 heavy (non-hydrogen) atoms. The summed E-state index contributed by atoms with van der Waals surface area (Å²) in [6, 6.07) is 15.6. The molecule has 2 atom stereocenters. The number of benzene rings is 2. The molecule has 1 N–H and O–H groups in total. The first-order valence-electron chi connectivity index (χ1n) is 8.37. The molecule has 0 spiro atoms. The Bertz CT molecular complexity index is 855. The van der Waals surface area contributed by atoms with Crippen molar-refractivity contribution in [1.82, 2.24) is 4.31 Å². The molecular formula is C19H23NO5S. The van der Waals surface area contributed by atoms with E-state index in [1.165, 1.54) is 11.4 Å². The van der Waals surface area contributed by atoms with Crippen LogP contribution in [0.1, 0.15) is 12.0 Å². The molecule has 1 fully saturated rings. The molecule has 0 unspecified atom stereocenters. The van der Waals surface area contributed by atoms with E-state index in [-0.39, 0.29) is 18.0 Å². The van der Waals surface area contributed by atoms with Crippen LogP contribution in [0, 0.1) is 0 Å². The SMILES string of the molecule is COc1ccccc1[C@]1(OC)CCN(S(=O)(=O)c2ccccc2)C[C@@H]1O. The normalized spacial score (nSPS) is 24.3. The zero-order chi connectivity index (χ0) is 18.8. The molecule has 140 valence electrons. The largest absolute Gasteiger partial charge is 0.496 e. The molecule has 0 aliphatic carbocycles. The number of ether oxygens (including phenoxy) is 2. The second kappa shape index (κ2) is 7.36. The average molecular weight is 377 g/mol. The van der Waals surface area contributed by atoms with Crippen LogP contribution >= 0.6 is 0 Å². The fourth-order valence-corrected chi connectivity index (χ4v) is 4.97. The number of aliphatic hydroxyl groups excluding tert-OH is 1. The molecule has 2 aromatic rings. The van der Waals surface area contributed by atoms with Crippen molar-refractivity contribution in [2.45, 2.75) is 23.0 Å². The molecular weight excluding hydrogens is 354 g/mol. The topological polar surface area (TPSA) is 76.1 Å². The first-order chi connectivity index (χ1) is 12.5. The zero-order valence-electron chi connectivity index (χ0n) is 14.8. The third-order valence-electron chi connectivity index (χ3n) is 4.96. The van der Waals surface area contributed by atoms with Crippen LogP contribution in [-0.4, -0.2) is 51.2 Å². The minimum absolute atomic E-state index is 0.0525. The summed E-state index contributed by atoms with van der Waals surface area (Å²) in [7, 11) is -0.581. The van der Waals surface area contributed by atoms with Crippen molar-refractivity contribution in [2.24, 2.45) is 0 Å². The molecule has 0 amide bonds. The standard InChI is InChI=1S/C19H23NO5S/c1-24-17-11-7-6-10-16(17)19(25-2)12-13-20(14-18(19)21)26(22,23)15-8-4-3-5-9-15/h3-11,18,21H,12-14H2,1-2H3/t18-,19+/m0/s1. The van der Waals surface area contributed by atoms with Crippen LogP contribution in [0.2, 0.25) is 0 Å². The third-order valence-corrected chi connectivity index (χ3v) is 6.83. The van der Waals surface area contributed by atoms with E-state index >= 15 is 0 Å². The lowest BCUT2D eigenvalue weighted by molar-refractivity contribution is -0.136. The van der Waals surface area contributed by atoms with E-state index in [9.17, 15) is 13.5 Å². The highest BCUT2D eigenvalue weighted by molar-refractivity contribution is 7.89. The summed E-state index contributed by atoms with van der Waals surface area (Å²) in [6.07, 6.45) is -0.715. The number of β-amino-alcohol motifs (C(OH)–C–C–N with tert-alkyl or cyclic N) is 1. The second-order valence-electron chi connectivity index (χ2n) is 6.24. The number of rotatable bonds is 5. The molecule has 0 bridgehead atoms. The Hall–Kier alpha value is -1.93. The van der Waals surface area contributed by atoms with Gasteiger partial charge in [-0.3, -0.25) is 0 Å². The number of piperidine rings is 1. The summed E-state index contributed by atoms with van der Waals surface area (Å²) >= 11 is 0. The van der Waals surface area contributed by atoms with Crippen molar-refractivity contribution in [3.8, 4) is 5.75 Å². The number of sulfonamides is 1. The summed E-state index contributed by atoms with van der Waals surface area (Å²) < 4.78 is 38.1. The third kappa shape index (κ3) is 3.12. The Balaban J connectivity index is 1.92. The first kappa shape index (κ1) is 18.8. The number of hydrogen-bond acceptors (Lipinski definition) is 5. The summed E-state index contributed by atoms with van der Waals surface area (Å²) in [5.41, 5.74) is -0.302. The van der Waals surface area contributed by atoms with E-state index in [2.05, 4.69) is 0 Å². The number of hydrogen-bond donors (Lipinski definition) is 1. The van der Waals surface area contributed by atoms with Gasteiger partial charge in [0.1, 0.15) is 17.5 Å². The van der Waals surface area contributed by atoms with Gasteiger partial charge in [0.15, 0.2) is 0 Å². The molecule has 1 aliphatic rings. The molecule has 7 heteroatoms. The van der Waals surface area contributed by atoms with E-state index in [0.717, 1.165) is 0 Å². The molecule has 1 saturated heterocycles. The first-order valence-corrected chi connectivity index (χ1v) is 9.81. The maximum Gasteiger partial charge on any atom is 0.243 e. The van der Waals surface area contributed by atoms with Crippen molar-refractivity contribution in [3.63, 3.8) is 0 Å². The van der Waals surface area contributed by atoms with Crippen LogP contribution < -0.4 is 4.74 Å². The molecule has 1 heterocycles. The summed E-state index contributed by atoms with van der Waals surface area (Å²) in [4.78, 5) is 0.217. The van der Waals surface area contributed by atoms with Crippen molar-refractivity contribution in [3.05, 3.63) is 60.2 Å². The van der Waals surface area contributed by atoms with E-state index in [0.29, 0.717) is 17.7 Å². The average Bonchev–Trinajstić information content (AvgIpc) is 2.69. The lowest BCUT2D eigenvalue weighted by Gasteiger charge is -2.44. The van der Waals surface area contributed by atoms with Crippen molar-refractivity contribution >= 4 is 10.0 Å². The minimum atomic E-state index is -3.66. The maximum absolute atomic E-state index is 12.8.